The van der Waals surface area contributed by atoms with E-state index in [1.807, 2.05) is 85.8 Å². The molecule has 4 aromatic heterocycles. The van der Waals surface area contributed by atoms with Crippen LogP contribution in [-0.2, 0) is 20.1 Å². The van der Waals surface area contributed by atoms with Gasteiger partial charge in [-0.1, -0.05) is 83.7 Å². The number of hydrogen-bond acceptors (Lipinski definition) is 4. The van der Waals surface area contributed by atoms with Crippen LogP contribution in [0.1, 0.15) is 5.69 Å². The van der Waals surface area contributed by atoms with Crippen LogP contribution < -0.4 is 0 Å². The summed E-state index contributed by atoms with van der Waals surface area (Å²) in [6, 6.07) is 55.3. The summed E-state index contributed by atoms with van der Waals surface area (Å²) in [7, 11) is 0. The van der Waals surface area contributed by atoms with Crippen molar-refractivity contribution in [2.75, 3.05) is 0 Å². The third-order valence-corrected chi connectivity index (χ3v) is 8.09. The van der Waals surface area contributed by atoms with Gasteiger partial charge in [-0.25, -0.2) is 4.98 Å². The molecule has 0 spiro atoms. The van der Waals surface area contributed by atoms with Crippen LogP contribution in [0, 0.1) is 19.1 Å². The molecular formula is C42H28IrN4O-2. The van der Waals surface area contributed by atoms with Crippen molar-refractivity contribution in [2.45, 2.75) is 6.92 Å². The first-order valence-corrected chi connectivity index (χ1v) is 15.5. The zero-order valence-corrected chi connectivity index (χ0v) is 28.4. The molecule has 4 heterocycles. The number of furan rings is 1. The summed E-state index contributed by atoms with van der Waals surface area (Å²) in [5, 5.41) is 2.12. The molecule has 6 heteroatoms. The Balaban J connectivity index is 0.000000237. The Labute approximate surface area is 291 Å². The summed E-state index contributed by atoms with van der Waals surface area (Å²) < 4.78 is 8.64. The second-order valence-electron chi connectivity index (χ2n) is 11.2. The number of aryl methyl sites for hydroxylation is 1. The fourth-order valence-corrected chi connectivity index (χ4v) is 5.86. The van der Waals surface area contributed by atoms with Crippen LogP contribution in [0.15, 0.2) is 156 Å². The van der Waals surface area contributed by atoms with Gasteiger partial charge in [-0.3, -0.25) is 4.98 Å². The van der Waals surface area contributed by atoms with Crippen LogP contribution in [0.4, 0.5) is 0 Å². The fraction of sp³-hybridized carbons (Fsp3) is 0.0238. The number of benzene rings is 5. The van der Waals surface area contributed by atoms with Gasteiger partial charge in [0.2, 0.25) is 0 Å². The topological polar surface area (TPSA) is 56.7 Å². The average molecular weight is 797 g/mol. The van der Waals surface area contributed by atoms with Gasteiger partial charge >= 0.3 is 0 Å². The largest absolute Gasteiger partial charge is 0.501 e. The predicted molar refractivity (Wildman–Crippen MR) is 189 cm³/mol. The number of hydrogen-bond donors (Lipinski definition) is 0. The van der Waals surface area contributed by atoms with Crippen molar-refractivity contribution in [1.29, 1.82) is 0 Å². The van der Waals surface area contributed by atoms with Gasteiger partial charge in [0.05, 0.1) is 16.9 Å². The van der Waals surface area contributed by atoms with Gasteiger partial charge in [0.15, 0.2) is 5.65 Å². The van der Waals surface area contributed by atoms with Crippen molar-refractivity contribution in [1.82, 2.24) is 19.5 Å². The Morgan fingerprint density at radius 3 is 2.21 bits per heavy atom. The van der Waals surface area contributed by atoms with Gasteiger partial charge in [-0.15, -0.1) is 54.1 Å². The molecule has 0 bridgehead atoms. The molecule has 0 saturated carbocycles. The van der Waals surface area contributed by atoms with Crippen LogP contribution >= 0.6 is 0 Å². The Bertz CT molecular complexity index is 2420. The molecule has 5 aromatic carbocycles. The zero-order chi connectivity index (χ0) is 31.6. The van der Waals surface area contributed by atoms with E-state index in [-0.39, 0.29) is 20.1 Å². The summed E-state index contributed by atoms with van der Waals surface area (Å²) in [4.78, 5) is 13.9. The molecule has 0 fully saturated rings. The SMILES string of the molecule is Cc1ccc2c(n1)nc(-c1[c-]ccc3c1oc1cc(-c4ccccc4)ccc13)n2-c1ccccc1.[Ir].[c-]1ccccc1-c1ccccn1. The molecule has 9 rings (SSSR count). The molecule has 0 atom stereocenters. The van der Waals surface area contributed by atoms with E-state index in [2.05, 4.69) is 88.4 Å². The van der Waals surface area contributed by atoms with E-state index in [0.717, 1.165) is 72.6 Å². The van der Waals surface area contributed by atoms with Gasteiger partial charge in [-0.05, 0) is 60.1 Å². The first kappa shape index (κ1) is 30.9. The van der Waals surface area contributed by atoms with E-state index in [9.17, 15) is 0 Å². The number of aromatic nitrogens is 4. The summed E-state index contributed by atoms with van der Waals surface area (Å²) in [5.74, 6) is 0.761. The molecule has 9 aromatic rings. The van der Waals surface area contributed by atoms with E-state index in [4.69, 9.17) is 14.4 Å². The molecule has 0 aliphatic carbocycles. The summed E-state index contributed by atoms with van der Waals surface area (Å²) in [5.41, 5.74) is 10.3. The van der Waals surface area contributed by atoms with Crippen LogP contribution in [0.2, 0.25) is 0 Å². The standard InChI is InChI=1S/C31H20N3O.C11H8N.Ir/c1-20-15-18-27-30(32-20)33-31(34(27)23-11-6-3-7-12-23)26-14-8-13-25-24-17-16-22(19-28(24)35-29(25)26)21-9-4-2-5-10-21;1-2-6-10(7-3-1)11-8-4-5-9-12-11;/h2-13,15-19H,1H3;1-6,8-9H;/q2*-1;. The van der Waals surface area contributed by atoms with Crippen LogP contribution in [0.3, 0.4) is 0 Å². The van der Waals surface area contributed by atoms with E-state index in [1.165, 1.54) is 0 Å². The van der Waals surface area contributed by atoms with Crippen molar-refractivity contribution >= 4 is 33.1 Å². The summed E-state index contributed by atoms with van der Waals surface area (Å²) in [6.07, 6.45) is 1.79. The summed E-state index contributed by atoms with van der Waals surface area (Å²) >= 11 is 0. The minimum absolute atomic E-state index is 0. The van der Waals surface area contributed by atoms with Gasteiger partial charge in [-0.2, -0.15) is 0 Å². The number of para-hydroxylation sites is 1. The minimum Gasteiger partial charge on any atom is -0.501 e. The second kappa shape index (κ2) is 13.6. The van der Waals surface area contributed by atoms with E-state index < -0.39 is 0 Å². The first-order chi connectivity index (χ1) is 23.2. The van der Waals surface area contributed by atoms with Crippen molar-refractivity contribution in [3.8, 4) is 39.5 Å². The normalized spacial score (nSPS) is 10.9. The van der Waals surface area contributed by atoms with Crippen molar-refractivity contribution in [3.05, 3.63) is 170 Å². The Kier molecular flexibility index (Phi) is 8.76. The maximum atomic E-state index is 6.51. The molecule has 1 radical (unpaired) electrons. The van der Waals surface area contributed by atoms with Gasteiger partial charge in [0, 0.05) is 43.1 Å². The minimum atomic E-state index is 0. The predicted octanol–water partition coefficient (Wildman–Crippen LogP) is 10.3. The molecule has 0 amide bonds. The van der Waals surface area contributed by atoms with Crippen LogP contribution in [0.5, 0.6) is 0 Å². The van der Waals surface area contributed by atoms with Gasteiger partial charge < -0.3 is 14.0 Å². The number of fused-ring (bicyclic) bond motifs is 4. The van der Waals surface area contributed by atoms with Crippen molar-refractivity contribution < 1.29 is 24.5 Å². The third-order valence-electron chi connectivity index (χ3n) is 8.09. The van der Waals surface area contributed by atoms with Crippen molar-refractivity contribution in [3.63, 3.8) is 0 Å². The van der Waals surface area contributed by atoms with Gasteiger partial charge in [0.25, 0.3) is 0 Å². The fourth-order valence-electron chi connectivity index (χ4n) is 5.86. The molecule has 48 heavy (non-hydrogen) atoms. The average Bonchev–Trinajstić information content (AvgIpc) is 3.71. The third kappa shape index (κ3) is 5.95. The maximum Gasteiger partial charge on any atom is 0.168 e. The maximum absolute atomic E-state index is 6.51. The first-order valence-electron chi connectivity index (χ1n) is 15.5. The van der Waals surface area contributed by atoms with Crippen molar-refractivity contribution in [2.24, 2.45) is 0 Å². The Morgan fingerprint density at radius 2 is 1.44 bits per heavy atom. The zero-order valence-electron chi connectivity index (χ0n) is 26.0. The molecule has 0 aliphatic rings. The molecule has 0 aliphatic heterocycles. The monoisotopic (exact) mass is 797 g/mol. The van der Waals surface area contributed by atoms with Gasteiger partial charge in [0.1, 0.15) is 5.58 Å². The number of imidazole rings is 1. The molecule has 0 N–H and O–H groups in total. The summed E-state index contributed by atoms with van der Waals surface area (Å²) in [6.45, 7) is 1.98. The van der Waals surface area contributed by atoms with E-state index in [0.29, 0.717) is 5.65 Å². The number of nitrogens with zero attached hydrogens (tertiary/aromatic N) is 4. The Morgan fingerprint density at radius 1 is 0.646 bits per heavy atom. The smallest absolute Gasteiger partial charge is 0.168 e. The van der Waals surface area contributed by atoms with Crippen LogP contribution in [0.25, 0.3) is 72.6 Å². The van der Waals surface area contributed by atoms with E-state index in [1.54, 1.807) is 6.20 Å². The molecule has 233 valence electrons. The molecular weight excluding hydrogens is 769 g/mol. The molecule has 5 nitrogen and oxygen atoms in total. The quantitative estimate of drug-likeness (QED) is 0.167. The second-order valence-corrected chi connectivity index (χ2v) is 11.2. The van der Waals surface area contributed by atoms with E-state index >= 15 is 0 Å². The Hall–Kier alpha value is -5.68. The number of rotatable bonds is 4. The molecule has 0 unspecified atom stereocenters. The van der Waals surface area contributed by atoms with Crippen LogP contribution in [-0.4, -0.2) is 19.5 Å². The number of pyridine rings is 2. The molecule has 0 saturated heterocycles.